The summed E-state index contributed by atoms with van der Waals surface area (Å²) in [5.74, 6) is 5.60. The topological polar surface area (TPSA) is 35.5 Å². The van der Waals surface area contributed by atoms with Gasteiger partial charge in [0.15, 0.2) is 0 Å². The number of carbonyl (C=O) groups is 1. The molecule has 0 aliphatic heterocycles. The van der Waals surface area contributed by atoms with E-state index in [-0.39, 0.29) is 11.5 Å². The first-order chi connectivity index (χ1) is 18.1. The van der Waals surface area contributed by atoms with Gasteiger partial charge in [0.25, 0.3) is 0 Å². The molecule has 0 saturated heterocycles. The van der Waals surface area contributed by atoms with Crippen molar-refractivity contribution in [2.24, 2.45) is 46.3 Å². The largest absolute Gasteiger partial charge is 0.514 e. The lowest BCUT2D eigenvalue weighted by Crippen LogP contribution is -2.51. The van der Waals surface area contributed by atoms with Gasteiger partial charge in [0, 0.05) is 10.9 Å². The molecule has 0 amide bonds. The van der Waals surface area contributed by atoms with E-state index in [4.69, 9.17) is 9.47 Å². The Morgan fingerprint density at radius 1 is 1.00 bits per heavy atom. The standard InChI is InChI=1S/C34H49BrO3/c1-22(2)7-6-8-23(3)29-15-16-30-28-14-9-24-21-27(38-32(36)37-26-12-10-25(35)11-13-26)17-19-33(24,4)31(28)18-20-34(29,30)5/h9-13,22-23,27-31H,6-8,14-21H2,1-5H3/t23-,27+,28+,29-,30+,31+,33+,34-/m1/s1. The van der Waals surface area contributed by atoms with Crippen LogP contribution >= 0.6 is 15.9 Å². The van der Waals surface area contributed by atoms with E-state index in [1.807, 2.05) is 12.1 Å². The quantitative estimate of drug-likeness (QED) is 0.181. The zero-order valence-corrected chi connectivity index (χ0v) is 25.9. The number of hydrogen-bond donors (Lipinski definition) is 0. The molecule has 210 valence electrons. The summed E-state index contributed by atoms with van der Waals surface area (Å²) < 4.78 is 12.2. The van der Waals surface area contributed by atoms with Crippen LogP contribution in [0.25, 0.3) is 0 Å². The van der Waals surface area contributed by atoms with E-state index in [2.05, 4.69) is 56.6 Å². The van der Waals surface area contributed by atoms with Crippen LogP contribution in [0, 0.1) is 46.3 Å². The van der Waals surface area contributed by atoms with Crippen molar-refractivity contribution >= 4 is 22.1 Å². The number of rotatable bonds is 7. The highest BCUT2D eigenvalue weighted by Gasteiger charge is 2.59. The maximum atomic E-state index is 12.5. The van der Waals surface area contributed by atoms with E-state index in [1.165, 1.54) is 51.4 Å². The van der Waals surface area contributed by atoms with Crippen molar-refractivity contribution < 1.29 is 14.3 Å². The van der Waals surface area contributed by atoms with Gasteiger partial charge >= 0.3 is 6.16 Å². The molecular formula is C34H49BrO3. The van der Waals surface area contributed by atoms with Crippen molar-refractivity contribution in [2.75, 3.05) is 0 Å². The highest BCUT2D eigenvalue weighted by molar-refractivity contribution is 9.10. The van der Waals surface area contributed by atoms with Crippen LogP contribution in [0.2, 0.25) is 0 Å². The Labute approximate surface area is 239 Å². The highest BCUT2D eigenvalue weighted by Crippen LogP contribution is 2.67. The zero-order valence-electron chi connectivity index (χ0n) is 24.3. The van der Waals surface area contributed by atoms with Gasteiger partial charge in [-0.25, -0.2) is 4.79 Å². The molecule has 1 aromatic rings. The molecule has 3 saturated carbocycles. The lowest BCUT2D eigenvalue weighted by Gasteiger charge is -2.58. The maximum absolute atomic E-state index is 12.5. The zero-order chi connectivity index (χ0) is 27.1. The van der Waals surface area contributed by atoms with Crippen molar-refractivity contribution in [2.45, 2.75) is 111 Å². The molecule has 3 nitrogen and oxygen atoms in total. The van der Waals surface area contributed by atoms with Gasteiger partial charge in [0.2, 0.25) is 0 Å². The molecule has 0 spiro atoms. The van der Waals surface area contributed by atoms with Gasteiger partial charge in [0.05, 0.1) is 0 Å². The predicted octanol–water partition coefficient (Wildman–Crippen LogP) is 10.4. The van der Waals surface area contributed by atoms with Gasteiger partial charge in [-0.2, -0.15) is 0 Å². The molecule has 0 bridgehead atoms. The van der Waals surface area contributed by atoms with E-state index in [1.54, 1.807) is 17.7 Å². The number of carbonyl (C=O) groups excluding carboxylic acids is 1. The summed E-state index contributed by atoms with van der Waals surface area (Å²) in [6.07, 6.45) is 15.9. The molecule has 4 heteroatoms. The molecule has 0 radical (unpaired) electrons. The summed E-state index contributed by atoms with van der Waals surface area (Å²) in [5, 5.41) is 0. The van der Waals surface area contributed by atoms with Crippen LogP contribution in [0.3, 0.4) is 0 Å². The SMILES string of the molecule is CC(C)CCC[C@@H](C)[C@H]1CC[C@H]2[C@@H]3CC=C4C[C@@H](OC(=O)Oc5ccc(Br)cc5)CC[C@]4(C)[C@H]3CC[C@]12C. The van der Waals surface area contributed by atoms with Gasteiger partial charge in [-0.3, -0.25) is 0 Å². The predicted molar refractivity (Wildman–Crippen MR) is 158 cm³/mol. The van der Waals surface area contributed by atoms with E-state index >= 15 is 0 Å². The Balaban J connectivity index is 1.21. The van der Waals surface area contributed by atoms with Gasteiger partial charge in [0.1, 0.15) is 11.9 Å². The molecule has 4 aliphatic rings. The van der Waals surface area contributed by atoms with Crippen LogP contribution in [0.5, 0.6) is 5.75 Å². The lowest BCUT2D eigenvalue weighted by atomic mass is 9.47. The summed E-state index contributed by atoms with van der Waals surface area (Å²) in [6, 6.07) is 7.30. The van der Waals surface area contributed by atoms with Gasteiger partial charge in [-0.05, 0) is 116 Å². The molecule has 4 aliphatic carbocycles. The Kier molecular flexibility index (Phi) is 8.40. The normalized spacial score (nSPS) is 37.0. The van der Waals surface area contributed by atoms with Crippen LogP contribution < -0.4 is 4.74 Å². The second-order valence-corrected chi connectivity index (χ2v) is 15.0. The molecule has 38 heavy (non-hydrogen) atoms. The van der Waals surface area contributed by atoms with Crippen molar-refractivity contribution in [3.63, 3.8) is 0 Å². The van der Waals surface area contributed by atoms with Crippen LogP contribution in [0.1, 0.15) is 105 Å². The minimum Gasteiger partial charge on any atom is -0.430 e. The minimum atomic E-state index is -0.580. The number of allylic oxidation sites excluding steroid dienone is 1. The highest BCUT2D eigenvalue weighted by atomic mass is 79.9. The summed E-state index contributed by atoms with van der Waals surface area (Å²) in [7, 11) is 0. The van der Waals surface area contributed by atoms with Crippen molar-refractivity contribution in [3.05, 3.63) is 40.4 Å². The average Bonchev–Trinajstić information content (AvgIpc) is 3.23. The lowest BCUT2D eigenvalue weighted by molar-refractivity contribution is -0.0597. The molecular weight excluding hydrogens is 536 g/mol. The van der Waals surface area contributed by atoms with E-state index in [9.17, 15) is 4.79 Å². The maximum Gasteiger partial charge on any atom is 0.514 e. The Morgan fingerprint density at radius 3 is 2.50 bits per heavy atom. The summed E-state index contributed by atoms with van der Waals surface area (Å²) in [4.78, 5) is 12.5. The Hall–Kier alpha value is -1.29. The number of benzene rings is 1. The van der Waals surface area contributed by atoms with Crippen molar-refractivity contribution in [3.8, 4) is 5.75 Å². The van der Waals surface area contributed by atoms with E-state index in [0.717, 1.165) is 59.2 Å². The Bertz CT molecular complexity index is 1020. The fourth-order valence-electron chi connectivity index (χ4n) is 9.51. The molecule has 8 atom stereocenters. The molecule has 0 heterocycles. The van der Waals surface area contributed by atoms with Gasteiger partial charge < -0.3 is 9.47 Å². The van der Waals surface area contributed by atoms with E-state index < -0.39 is 6.16 Å². The number of ether oxygens (including phenoxy) is 2. The minimum absolute atomic E-state index is 0.0785. The third-order valence-electron chi connectivity index (χ3n) is 11.5. The van der Waals surface area contributed by atoms with Crippen LogP contribution in [-0.4, -0.2) is 12.3 Å². The fraction of sp³-hybridized carbons (Fsp3) is 0.735. The molecule has 0 aromatic heterocycles. The smallest absolute Gasteiger partial charge is 0.430 e. The second kappa shape index (κ2) is 11.3. The fourth-order valence-corrected chi connectivity index (χ4v) is 9.78. The van der Waals surface area contributed by atoms with E-state index in [0.29, 0.717) is 11.2 Å². The third-order valence-corrected chi connectivity index (χ3v) is 12.1. The first-order valence-electron chi connectivity index (χ1n) is 15.4. The van der Waals surface area contributed by atoms with Gasteiger partial charge in [-0.1, -0.05) is 81.5 Å². The average molecular weight is 586 g/mol. The second-order valence-electron chi connectivity index (χ2n) is 14.1. The molecule has 0 unspecified atom stereocenters. The summed E-state index contributed by atoms with van der Waals surface area (Å²) in [5.41, 5.74) is 2.34. The van der Waals surface area contributed by atoms with Gasteiger partial charge in [-0.15, -0.1) is 0 Å². The van der Waals surface area contributed by atoms with Crippen molar-refractivity contribution in [1.29, 1.82) is 0 Å². The Morgan fingerprint density at radius 2 is 1.76 bits per heavy atom. The molecule has 1 aromatic carbocycles. The van der Waals surface area contributed by atoms with Crippen LogP contribution in [0.4, 0.5) is 4.79 Å². The van der Waals surface area contributed by atoms with Crippen molar-refractivity contribution in [1.82, 2.24) is 0 Å². The number of halogens is 1. The number of fused-ring (bicyclic) bond motifs is 5. The molecule has 3 fully saturated rings. The van der Waals surface area contributed by atoms with Crippen LogP contribution in [-0.2, 0) is 4.74 Å². The molecule has 0 N–H and O–H groups in total. The first kappa shape index (κ1) is 28.2. The number of hydrogen-bond acceptors (Lipinski definition) is 3. The first-order valence-corrected chi connectivity index (χ1v) is 16.2. The summed E-state index contributed by atoms with van der Waals surface area (Å²) in [6.45, 7) is 12.5. The molecule has 5 rings (SSSR count). The monoisotopic (exact) mass is 584 g/mol. The third kappa shape index (κ3) is 5.50. The van der Waals surface area contributed by atoms with Crippen LogP contribution in [0.15, 0.2) is 40.4 Å². The summed E-state index contributed by atoms with van der Waals surface area (Å²) >= 11 is 3.42.